The number of nitrogens with zero attached hydrogens (tertiary/aromatic N) is 2. The molecule has 44 heavy (non-hydrogen) atoms. The van der Waals surface area contributed by atoms with E-state index in [1.165, 1.54) is 72.9 Å². The third-order valence-corrected chi connectivity index (χ3v) is 10.2. The monoisotopic (exact) mass is 566 g/mol. The predicted molar refractivity (Wildman–Crippen MR) is 184 cm³/mol. The lowest BCUT2D eigenvalue weighted by Gasteiger charge is -2.31. The van der Waals surface area contributed by atoms with Gasteiger partial charge in [-0.05, 0) is 82.6 Å². The molecule has 0 spiro atoms. The average molecular weight is 567 g/mol. The smallest absolute Gasteiger partial charge is 0.0540 e. The Bertz CT molecular complexity index is 2070. The molecule has 2 heterocycles. The molecule has 2 nitrogen and oxygen atoms in total. The summed E-state index contributed by atoms with van der Waals surface area (Å²) in [6, 6.07) is 52.1. The van der Waals surface area contributed by atoms with Crippen molar-refractivity contribution < 1.29 is 0 Å². The van der Waals surface area contributed by atoms with Gasteiger partial charge in [-0.15, -0.1) is 0 Å². The molecule has 1 aliphatic carbocycles. The first kappa shape index (κ1) is 25.4. The standard InChI is InChI=1S/C42H34N2/c1-42(2)36-18-9-7-17-33(36)34-24-23-30(27-37(34)42)43(39-20-11-8-16-32(39)28-13-4-3-5-14-28)40-21-12-22-41-35(40)26-31-25-29-15-6-10-19-38(29)44(31)41/h3-24,27,31H,25-26H2,1-2H3. The third-order valence-electron chi connectivity index (χ3n) is 10.2. The van der Waals surface area contributed by atoms with Gasteiger partial charge in [-0.25, -0.2) is 0 Å². The van der Waals surface area contributed by atoms with Gasteiger partial charge < -0.3 is 9.80 Å². The quantitative estimate of drug-likeness (QED) is 0.209. The minimum atomic E-state index is -0.0718. The van der Waals surface area contributed by atoms with E-state index in [1.54, 1.807) is 0 Å². The molecule has 0 saturated heterocycles. The minimum Gasteiger partial charge on any atom is -0.337 e. The zero-order chi connectivity index (χ0) is 29.4. The molecule has 0 aromatic heterocycles. The molecule has 6 aromatic rings. The van der Waals surface area contributed by atoms with Crippen molar-refractivity contribution in [2.75, 3.05) is 9.80 Å². The van der Waals surface area contributed by atoms with Gasteiger partial charge in [0, 0.05) is 39.6 Å². The number of benzene rings is 6. The summed E-state index contributed by atoms with van der Waals surface area (Å²) in [6.07, 6.45) is 2.13. The molecule has 2 heteroatoms. The van der Waals surface area contributed by atoms with Crippen LogP contribution in [0.4, 0.5) is 28.4 Å². The second-order valence-corrected chi connectivity index (χ2v) is 13.0. The van der Waals surface area contributed by atoms with Gasteiger partial charge in [0.15, 0.2) is 0 Å². The van der Waals surface area contributed by atoms with E-state index in [0.717, 1.165) is 12.8 Å². The van der Waals surface area contributed by atoms with Crippen molar-refractivity contribution in [2.45, 2.75) is 38.1 Å². The van der Waals surface area contributed by atoms with Crippen LogP contribution in [0.25, 0.3) is 22.3 Å². The summed E-state index contributed by atoms with van der Waals surface area (Å²) in [6.45, 7) is 4.74. The number of para-hydroxylation sites is 2. The van der Waals surface area contributed by atoms with Gasteiger partial charge in [-0.2, -0.15) is 0 Å². The summed E-state index contributed by atoms with van der Waals surface area (Å²) in [4.78, 5) is 5.13. The van der Waals surface area contributed by atoms with E-state index < -0.39 is 0 Å². The molecule has 0 radical (unpaired) electrons. The van der Waals surface area contributed by atoms with Crippen LogP contribution < -0.4 is 9.80 Å². The van der Waals surface area contributed by atoms with Crippen molar-refractivity contribution in [3.8, 4) is 22.3 Å². The van der Waals surface area contributed by atoms with Crippen LogP contribution in [-0.4, -0.2) is 6.04 Å². The van der Waals surface area contributed by atoms with Gasteiger partial charge >= 0.3 is 0 Å². The van der Waals surface area contributed by atoms with Crippen LogP contribution in [0.3, 0.4) is 0 Å². The van der Waals surface area contributed by atoms with Crippen molar-refractivity contribution in [2.24, 2.45) is 0 Å². The molecule has 212 valence electrons. The van der Waals surface area contributed by atoms with Crippen LogP contribution in [0, 0.1) is 0 Å². The predicted octanol–water partition coefficient (Wildman–Crippen LogP) is 10.7. The van der Waals surface area contributed by atoms with Crippen LogP contribution in [-0.2, 0) is 18.3 Å². The molecule has 0 amide bonds. The van der Waals surface area contributed by atoms with Gasteiger partial charge in [-0.1, -0.05) is 117 Å². The second-order valence-electron chi connectivity index (χ2n) is 13.0. The van der Waals surface area contributed by atoms with E-state index in [-0.39, 0.29) is 5.41 Å². The summed E-state index contributed by atoms with van der Waals surface area (Å²) >= 11 is 0. The summed E-state index contributed by atoms with van der Waals surface area (Å²) in [5, 5.41) is 0. The van der Waals surface area contributed by atoms with Gasteiger partial charge in [0.05, 0.1) is 11.4 Å². The van der Waals surface area contributed by atoms with E-state index in [4.69, 9.17) is 0 Å². The molecular weight excluding hydrogens is 532 g/mol. The van der Waals surface area contributed by atoms with Crippen LogP contribution in [0.1, 0.15) is 36.1 Å². The van der Waals surface area contributed by atoms with Crippen LogP contribution in [0.15, 0.2) is 140 Å². The molecule has 0 bridgehead atoms. The zero-order valence-electron chi connectivity index (χ0n) is 25.2. The number of anilines is 5. The fourth-order valence-corrected chi connectivity index (χ4v) is 8.16. The van der Waals surface area contributed by atoms with E-state index in [2.05, 4.69) is 163 Å². The number of fused-ring (bicyclic) bond motifs is 8. The summed E-state index contributed by atoms with van der Waals surface area (Å²) in [7, 11) is 0. The maximum atomic E-state index is 2.60. The van der Waals surface area contributed by atoms with E-state index in [9.17, 15) is 0 Å². The summed E-state index contributed by atoms with van der Waals surface area (Å²) in [5.41, 5.74) is 17.2. The maximum Gasteiger partial charge on any atom is 0.0540 e. The lowest BCUT2D eigenvalue weighted by atomic mass is 9.82. The molecule has 0 N–H and O–H groups in total. The van der Waals surface area contributed by atoms with Gasteiger partial charge in [0.1, 0.15) is 0 Å². The molecule has 9 rings (SSSR count). The lowest BCUT2D eigenvalue weighted by molar-refractivity contribution is 0.660. The van der Waals surface area contributed by atoms with E-state index >= 15 is 0 Å². The summed E-state index contributed by atoms with van der Waals surface area (Å²) in [5.74, 6) is 0. The Morgan fingerprint density at radius 1 is 0.568 bits per heavy atom. The molecular formula is C42H34N2. The Morgan fingerprint density at radius 2 is 1.25 bits per heavy atom. The third kappa shape index (κ3) is 3.61. The fraction of sp³-hybridized carbons (Fsp3) is 0.143. The normalized spacial score (nSPS) is 16.6. The highest BCUT2D eigenvalue weighted by Gasteiger charge is 2.40. The average Bonchev–Trinajstić information content (AvgIpc) is 3.69. The first-order chi connectivity index (χ1) is 21.6. The van der Waals surface area contributed by atoms with Crippen molar-refractivity contribution >= 4 is 28.4 Å². The molecule has 6 aromatic carbocycles. The SMILES string of the molecule is CC1(C)c2ccccc2-c2ccc(N(c3ccccc3-c3ccccc3)c3cccc4c3CC3Cc5ccccc5N43)cc21. The van der Waals surface area contributed by atoms with Crippen LogP contribution >= 0.6 is 0 Å². The molecule has 0 saturated carbocycles. The summed E-state index contributed by atoms with van der Waals surface area (Å²) < 4.78 is 0. The van der Waals surface area contributed by atoms with Crippen molar-refractivity contribution in [3.05, 3.63) is 162 Å². The molecule has 1 atom stereocenters. The lowest BCUT2D eigenvalue weighted by Crippen LogP contribution is -2.22. The van der Waals surface area contributed by atoms with Gasteiger partial charge in [-0.3, -0.25) is 0 Å². The molecule has 1 unspecified atom stereocenters. The first-order valence-electron chi connectivity index (χ1n) is 15.8. The van der Waals surface area contributed by atoms with Crippen LogP contribution in [0.5, 0.6) is 0 Å². The Hall–Kier alpha value is -5.08. The Labute approximate surface area is 259 Å². The van der Waals surface area contributed by atoms with Crippen molar-refractivity contribution in [1.29, 1.82) is 0 Å². The molecule has 0 fully saturated rings. The van der Waals surface area contributed by atoms with Crippen molar-refractivity contribution in [3.63, 3.8) is 0 Å². The second kappa shape index (κ2) is 9.46. The highest BCUT2D eigenvalue weighted by atomic mass is 15.2. The highest BCUT2D eigenvalue weighted by molar-refractivity contribution is 5.93. The first-order valence-corrected chi connectivity index (χ1v) is 15.8. The molecule has 2 aliphatic heterocycles. The fourth-order valence-electron chi connectivity index (χ4n) is 8.16. The number of hydrogen-bond acceptors (Lipinski definition) is 2. The Morgan fingerprint density at radius 3 is 2.14 bits per heavy atom. The van der Waals surface area contributed by atoms with Crippen LogP contribution in [0.2, 0.25) is 0 Å². The minimum absolute atomic E-state index is 0.0718. The largest absolute Gasteiger partial charge is 0.337 e. The van der Waals surface area contributed by atoms with Crippen molar-refractivity contribution in [1.82, 2.24) is 0 Å². The Balaban J connectivity index is 1.27. The van der Waals surface area contributed by atoms with E-state index in [0.29, 0.717) is 6.04 Å². The zero-order valence-corrected chi connectivity index (χ0v) is 25.2. The number of hydrogen-bond donors (Lipinski definition) is 0. The highest BCUT2D eigenvalue weighted by Crippen LogP contribution is 2.54. The van der Waals surface area contributed by atoms with E-state index in [1.807, 2.05) is 0 Å². The molecule has 3 aliphatic rings. The van der Waals surface area contributed by atoms with Gasteiger partial charge in [0.2, 0.25) is 0 Å². The number of rotatable bonds is 4. The van der Waals surface area contributed by atoms with Gasteiger partial charge in [0.25, 0.3) is 0 Å². The topological polar surface area (TPSA) is 6.48 Å². The Kier molecular flexibility index (Phi) is 5.47. The maximum absolute atomic E-state index is 2.60.